The van der Waals surface area contributed by atoms with Crippen molar-refractivity contribution in [2.45, 2.75) is 6.61 Å². The van der Waals surface area contributed by atoms with Gasteiger partial charge in [0.15, 0.2) is 0 Å². The molecule has 0 bridgehead atoms. The van der Waals surface area contributed by atoms with Gasteiger partial charge in [0, 0.05) is 20.7 Å². The van der Waals surface area contributed by atoms with E-state index in [1.54, 1.807) is 54.6 Å². The number of hydrazone groups is 1. The zero-order valence-electron chi connectivity index (χ0n) is 20.4. The Kier molecular flexibility index (Phi) is 9.44. The lowest BCUT2D eigenvalue weighted by molar-refractivity contribution is -0.136. The van der Waals surface area contributed by atoms with Gasteiger partial charge < -0.3 is 15.4 Å². The van der Waals surface area contributed by atoms with Crippen LogP contribution in [0.25, 0.3) is 0 Å². The van der Waals surface area contributed by atoms with E-state index in [-0.39, 0.29) is 11.3 Å². The molecule has 0 aromatic heterocycles. The number of amides is 3. The summed E-state index contributed by atoms with van der Waals surface area (Å²) in [6, 6.07) is 27.8. The molecule has 10 heteroatoms. The van der Waals surface area contributed by atoms with Crippen molar-refractivity contribution in [3.05, 3.63) is 123 Å². The normalized spacial score (nSPS) is 10.6. The van der Waals surface area contributed by atoms with Crippen LogP contribution in [0.3, 0.4) is 0 Å². The van der Waals surface area contributed by atoms with E-state index in [0.717, 1.165) is 10.0 Å². The molecule has 3 amide bonds. The number of halogens is 2. The van der Waals surface area contributed by atoms with E-state index in [1.807, 2.05) is 30.3 Å². The Labute approximate surface area is 238 Å². The van der Waals surface area contributed by atoms with Crippen LogP contribution in [-0.4, -0.2) is 23.9 Å². The predicted octanol–water partition coefficient (Wildman–Crippen LogP) is 6.02. The molecule has 4 rings (SSSR count). The second kappa shape index (κ2) is 13.4. The van der Waals surface area contributed by atoms with Crippen molar-refractivity contribution in [1.29, 1.82) is 0 Å². The second-order valence-corrected chi connectivity index (χ2v) is 9.46. The molecule has 0 radical (unpaired) electrons. The van der Waals surface area contributed by atoms with Crippen LogP contribution in [0, 0.1) is 0 Å². The zero-order chi connectivity index (χ0) is 27.6. The molecule has 0 heterocycles. The number of carbonyl (C=O) groups excluding carboxylic acids is 3. The van der Waals surface area contributed by atoms with Gasteiger partial charge in [-0.05, 0) is 66.2 Å². The average molecular weight is 606 g/mol. The number of ether oxygens (including phenoxy) is 1. The molecule has 0 spiro atoms. The van der Waals surface area contributed by atoms with Gasteiger partial charge in [0.1, 0.15) is 12.4 Å². The van der Waals surface area contributed by atoms with Gasteiger partial charge in [-0.3, -0.25) is 14.4 Å². The molecule has 3 N–H and O–H groups in total. The number of nitrogens with one attached hydrogen (secondary N) is 3. The Morgan fingerprint density at radius 3 is 2.28 bits per heavy atom. The third-order valence-corrected chi connectivity index (χ3v) is 6.11. The molecule has 0 saturated heterocycles. The lowest BCUT2D eigenvalue weighted by Crippen LogP contribution is -2.33. The van der Waals surface area contributed by atoms with Crippen LogP contribution < -0.4 is 20.8 Å². The summed E-state index contributed by atoms with van der Waals surface area (Å²) < 4.78 is 6.86. The maximum atomic E-state index is 12.8. The quantitative estimate of drug-likeness (QED) is 0.130. The molecular formula is C29H22BrClN4O4. The Morgan fingerprint density at radius 2 is 1.51 bits per heavy atom. The molecule has 0 fully saturated rings. The van der Waals surface area contributed by atoms with Gasteiger partial charge in [-0.1, -0.05) is 63.9 Å². The first-order valence-electron chi connectivity index (χ1n) is 11.7. The second-order valence-electron chi connectivity index (χ2n) is 8.11. The van der Waals surface area contributed by atoms with Gasteiger partial charge in [0.25, 0.3) is 5.91 Å². The minimum Gasteiger partial charge on any atom is -0.488 e. The SMILES string of the molecule is O=C(NN=Cc1ccccc1OCc1ccc(Br)cc1)C(=O)Nc1ccccc1C(=O)Nc1ccc(Cl)cc1. The third-order valence-electron chi connectivity index (χ3n) is 5.32. The first kappa shape index (κ1) is 27.6. The molecule has 0 saturated carbocycles. The Bertz CT molecular complexity index is 1510. The highest BCUT2D eigenvalue weighted by molar-refractivity contribution is 9.10. The molecule has 4 aromatic rings. The smallest absolute Gasteiger partial charge is 0.329 e. The van der Waals surface area contributed by atoms with E-state index in [4.69, 9.17) is 16.3 Å². The van der Waals surface area contributed by atoms with Gasteiger partial charge in [0.05, 0.1) is 17.5 Å². The fraction of sp³-hybridized carbons (Fsp3) is 0.0345. The molecule has 196 valence electrons. The fourth-order valence-corrected chi connectivity index (χ4v) is 3.76. The van der Waals surface area contributed by atoms with E-state index in [0.29, 0.717) is 28.6 Å². The van der Waals surface area contributed by atoms with E-state index in [1.165, 1.54) is 18.3 Å². The van der Waals surface area contributed by atoms with Crippen molar-refractivity contribution in [2.75, 3.05) is 10.6 Å². The summed E-state index contributed by atoms with van der Waals surface area (Å²) in [5.74, 6) is -1.90. The summed E-state index contributed by atoms with van der Waals surface area (Å²) >= 11 is 9.28. The number of anilines is 2. The molecule has 0 unspecified atom stereocenters. The van der Waals surface area contributed by atoms with E-state index in [9.17, 15) is 14.4 Å². The molecular weight excluding hydrogens is 584 g/mol. The van der Waals surface area contributed by atoms with Crippen molar-refractivity contribution in [1.82, 2.24) is 5.43 Å². The number of hydrogen-bond acceptors (Lipinski definition) is 5. The Balaban J connectivity index is 1.35. The third kappa shape index (κ3) is 8.00. The van der Waals surface area contributed by atoms with Gasteiger partial charge >= 0.3 is 11.8 Å². The molecule has 8 nitrogen and oxygen atoms in total. The summed E-state index contributed by atoms with van der Waals surface area (Å²) in [6.07, 6.45) is 1.38. The number of rotatable bonds is 8. The standard InChI is InChI=1S/C29H22BrClN4O4/c30-21-11-9-19(10-12-21)18-39-26-8-4-1-5-20(26)17-32-35-29(38)28(37)34-25-7-3-2-6-24(25)27(36)33-23-15-13-22(31)14-16-23/h1-17H,18H2,(H,33,36)(H,34,37)(H,35,38). The lowest BCUT2D eigenvalue weighted by Gasteiger charge is -2.11. The highest BCUT2D eigenvalue weighted by atomic mass is 79.9. The van der Waals surface area contributed by atoms with Crippen molar-refractivity contribution in [3.8, 4) is 5.75 Å². The number of nitrogens with zero attached hydrogens (tertiary/aromatic N) is 1. The van der Waals surface area contributed by atoms with Gasteiger partial charge in [-0.25, -0.2) is 5.43 Å². The summed E-state index contributed by atoms with van der Waals surface area (Å²) in [5, 5.41) is 9.60. The average Bonchev–Trinajstić information content (AvgIpc) is 2.94. The number of hydrogen-bond donors (Lipinski definition) is 3. The van der Waals surface area contributed by atoms with Crippen LogP contribution in [0.5, 0.6) is 5.75 Å². The van der Waals surface area contributed by atoms with Crippen molar-refractivity contribution < 1.29 is 19.1 Å². The minimum absolute atomic E-state index is 0.166. The molecule has 4 aromatic carbocycles. The highest BCUT2D eigenvalue weighted by Gasteiger charge is 2.18. The topological polar surface area (TPSA) is 109 Å². The lowest BCUT2D eigenvalue weighted by atomic mass is 10.1. The Hall–Kier alpha value is -4.47. The predicted molar refractivity (Wildman–Crippen MR) is 155 cm³/mol. The largest absolute Gasteiger partial charge is 0.488 e. The van der Waals surface area contributed by atoms with Crippen molar-refractivity contribution in [3.63, 3.8) is 0 Å². The van der Waals surface area contributed by atoms with Crippen molar-refractivity contribution >= 4 is 62.8 Å². The van der Waals surface area contributed by atoms with Crippen LogP contribution >= 0.6 is 27.5 Å². The van der Waals surface area contributed by atoms with Crippen LogP contribution in [0.4, 0.5) is 11.4 Å². The molecule has 39 heavy (non-hydrogen) atoms. The number of benzene rings is 4. The summed E-state index contributed by atoms with van der Waals surface area (Å²) in [5.41, 5.74) is 4.66. The van der Waals surface area contributed by atoms with Crippen LogP contribution in [0.15, 0.2) is 107 Å². The van der Waals surface area contributed by atoms with Gasteiger partial charge in [-0.2, -0.15) is 5.10 Å². The van der Waals surface area contributed by atoms with E-state index in [2.05, 4.69) is 37.1 Å². The first-order chi connectivity index (χ1) is 18.9. The van der Waals surface area contributed by atoms with Crippen LogP contribution in [0.1, 0.15) is 21.5 Å². The monoisotopic (exact) mass is 604 g/mol. The maximum Gasteiger partial charge on any atom is 0.329 e. The Morgan fingerprint density at radius 1 is 0.821 bits per heavy atom. The van der Waals surface area contributed by atoms with E-state index < -0.39 is 17.7 Å². The van der Waals surface area contributed by atoms with Gasteiger partial charge in [-0.15, -0.1) is 0 Å². The molecule has 0 aliphatic carbocycles. The van der Waals surface area contributed by atoms with E-state index >= 15 is 0 Å². The molecule has 0 aliphatic rings. The summed E-state index contributed by atoms with van der Waals surface area (Å²) in [6.45, 7) is 0.345. The first-order valence-corrected chi connectivity index (χ1v) is 12.8. The summed E-state index contributed by atoms with van der Waals surface area (Å²) in [7, 11) is 0. The number of carbonyl (C=O) groups is 3. The zero-order valence-corrected chi connectivity index (χ0v) is 22.7. The number of para-hydroxylation sites is 2. The molecule has 0 atom stereocenters. The van der Waals surface area contributed by atoms with Crippen LogP contribution in [0.2, 0.25) is 5.02 Å². The van der Waals surface area contributed by atoms with Crippen LogP contribution in [-0.2, 0) is 16.2 Å². The molecule has 0 aliphatic heterocycles. The maximum absolute atomic E-state index is 12.8. The fourth-order valence-electron chi connectivity index (χ4n) is 3.37. The highest BCUT2D eigenvalue weighted by Crippen LogP contribution is 2.20. The van der Waals surface area contributed by atoms with Gasteiger partial charge in [0.2, 0.25) is 0 Å². The minimum atomic E-state index is -1.01. The van der Waals surface area contributed by atoms with Crippen molar-refractivity contribution in [2.24, 2.45) is 5.10 Å². The summed E-state index contributed by atoms with van der Waals surface area (Å²) in [4.78, 5) is 37.6.